The zero-order valence-corrected chi connectivity index (χ0v) is 9.93. The lowest BCUT2D eigenvalue weighted by Gasteiger charge is -2.08. The lowest BCUT2D eigenvalue weighted by atomic mass is 10.2. The van der Waals surface area contributed by atoms with E-state index in [4.69, 9.17) is 16.3 Å². The fourth-order valence-electron chi connectivity index (χ4n) is 1.31. The van der Waals surface area contributed by atoms with Crippen molar-refractivity contribution in [2.75, 3.05) is 7.11 Å². The molecular weight excluding hydrogens is 286 g/mol. The molecule has 0 spiro atoms. The van der Waals surface area contributed by atoms with Crippen LogP contribution in [-0.2, 0) is 0 Å². The molecule has 3 nitrogen and oxygen atoms in total. The molecular formula is C9H5BrClFN2O. The van der Waals surface area contributed by atoms with Crippen molar-refractivity contribution in [1.82, 2.24) is 9.97 Å². The third kappa shape index (κ3) is 1.66. The zero-order valence-electron chi connectivity index (χ0n) is 7.59. The van der Waals surface area contributed by atoms with Crippen molar-refractivity contribution in [3.63, 3.8) is 0 Å². The van der Waals surface area contributed by atoms with E-state index in [9.17, 15) is 4.39 Å². The summed E-state index contributed by atoms with van der Waals surface area (Å²) < 4.78 is 18.9. The molecule has 6 heteroatoms. The Morgan fingerprint density at radius 1 is 1.47 bits per heavy atom. The van der Waals surface area contributed by atoms with Crippen molar-refractivity contribution in [3.05, 3.63) is 27.8 Å². The van der Waals surface area contributed by atoms with E-state index < -0.39 is 5.82 Å². The molecule has 0 amide bonds. The molecule has 0 atom stereocenters. The van der Waals surface area contributed by atoms with Crippen LogP contribution in [0.5, 0.6) is 5.75 Å². The molecule has 0 bridgehead atoms. The number of rotatable bonds is 1. The highest BCUT2D eigenvalue weighted by atomic mass is 79.9. The lowest BCUT2D eigenvalue weighted by molar-refractivity contribution is 0.391. The van der Waals surface area contributed by atoms with Crippen LogP contribution in [0.2, 0.25) is 5.15 Å². The fourth-order valence-corrected chi connectivity index (χ4v) is 2.03. The Hall–Kier alpha value is -0.940. The molecule has 2 aromatic rings. The fraction of sp³-hybridized carbons (Fsp3) is 0.111. The van der Waals surface area contributed by atoms with Crippen molar-refractivity contribution in [3.8, 4) is 5.75 Å². The van der Waals surface area contributed by atoms with E-state index in [1.54, 1.807) is 0 Å². The summed E-state index contributed by atoms with van der Waals surface area (Å²) in [6.07, 6.45) is 1.31. The number of methoxy groups -OCH3 is 1. The second-order valence-electron chi connectivity index (χ2n) is 2.76. The van der Waals surface area contributed by atoms with Gasteiger partial charge in [0.1, 0.15) is 11.5 Å². The van der Waals surface area contributed by atoms with Gasteiger partial charge in [0, 0.05) is 4.47 Å². The molecule has 15 heavy (non-hydrogen) atoms. The molecule has 78 valence electrons. The summed E-state index contributed by atoms with van der Waals surface area (Å²) in [6, 6.07) is 1.28. The first-order chi connectivity index (χ1) is 7.15. The van der Waals surface area contributed by atoms with Gasteiger partial charge in [-0.3, -0.25) is 0 Å². The highest BCUT2D eigenvalue weighted by Gasteiger charge is 2.15. The number of hydrogen-bond acceptors (Lipinski definition) is 3. The van der Waals surface area contributed by atoms with Crippen LogP contribution in [0.25, 0.3) is 10.9 Å². The quantitative estimate of drug-likeness (QED) is 0.757. The van der Waals surface area contributed by atoms with Crippen molar-refractivity contribution in [2.24, 2.45) is 0 Å². The Morgan fingerprint density at radius 2 is 2.20 bits per heavy atom. The third-order valence-corrected chi connectivity index (χ3v) is 2.82. The number of fused-ring (bicyclic) bond motifs is 1. The number of aromatic nitrogens is 2. The highest BCUT2D eigenvalue weighted by Crippen LogP contribution is 2.36. The van der Waals surface area contributed by atoms with E-state index in [1.807, 2.05) is 0 Å². The maximum absolute atomic E-state index is 13.5. The normalized spacial score (nSPS) is 10.7. The molecule has 1 aromatic heterocycles. The summed E-state index contributed by atoms with van der Waals surface area (Å²) in [4.78, 5) is 7.79. The molecule has 0 fully saturated rings. The predicted octanol–water partition coefficient (Wildman–Crippen LogP) is 3.19. The molecule has 0 saturated heterocycles. The predicted molar refractivity (Wildman–Crippen MR) is 58.8 cm³/mol. The number of nitrogens with zero attached hydrogens (tertiary/aromatic N) is 2. The van der Waals surface area contributed by atoms with Gasteiger partial charge in [0.2, 0.25) is 0 Å². The smallest absolute Gasteiger partial charge is 0.167 e. The van der Waals surface area contributed by atoms with E-state index in [-0.39, 0.29) is 10.9 Å². The monoisotopic (exact) mass is 290 g/mol. The number of hydrogen-bond donors (Lipinski definition) is 0. The number of halogens is 3. The molecule has 0 aliphatic rings. The topological polar surface area (TPSA) is 35.0 Å². The van der Waals surface area contributed by atoms with Crippen LogP contribution >= 0.6 is 27.5 Å². The van der Waals surface area contributed by atoms with Crippen molar-refractivity contribution in [1.29, 1.82) is 0 Å². The van der Waals surface area contributed by atoms with E-state index in [2.05, 4.69) is 25.9 Å². The summed E-state index contributed by atoms with van der Waals surface area (Å²) in [5, 5.41) is 0.533. The van der Waals surface area contributed by atoms with E-state index >= 15 is 0 Å². The molecule has 2 rings (SSSR count). The van der Waals surface area contributed by atoms with Crippen LogP contribution < -0.4 is 4.74 Å². The zero-order chi connectivity index (χ0) is 11.0. The maximum Gasteiger partial charge on any atom is 0.167 e. The largest absolute Gasteiger partial charge is 0.493 e. The molecule has 0 saturated carbocycles. The van der Waals surface area contributed by atoms with Crippen LogP contribution in [0.4, 0.5) is 4.39 Å². The minimum absolute atomic E-state index is 0.0544. The Balaban J connectivity index is 2.98. The minimum atomic E-state index is -0.506. The standard InChI is InChI=1S/C9H5BrClFN2O/c1-15-8-5(12)2-4(10)7-6(8)9(11)14-3-13-7/h2-3H,1H3. The molecule has 1 aromatic carbocycles. The Morgan fingerprint density at radius 3 is 2.87 bits per heavy atom. The van der Waals surface area contributed by atoms with Gasteiger partial charge in [0.05, 0.1) is 18.0 Å². The maximum atomic E-state index is 13.5. The van der Waals surface area contributed by atoms with E-state index in [1.165, 1.54) is 19.5 Å². The third-order valence-electron chi connectivity index (χ3n) is 1.93. The van der Waals surface area contributed by atoms with Gasteiger partial charge >= 0.3 is 0 Å². The lowest BCUT2D eigenvalue weighted by Crippen LogP contribution is -1.94. The summed E-state index contributed by atoms with van der Waals surface area (Å²) >= 11 is 9.07. The van der Waals surface area contributed by atoms with Crippen molar-refractivity contribution < 1.29 is 9.13 Å². The van der Waals surface area contributed by atoms with Gasteiger partial charge in [-0.15, -0.1) is 0 Å². The second-order valence-corrected chi connectivity index (χ2v) is 3.97. The van der Waals surface area contributed by atoms with E-state index in [0.29, 0.717) is 15.4 Å². The first kappa shape index (κ1) is 10.6. The molecule has 0 N–H and O–H groups in total. The van der Waals surface area contributed by atoms with Gasteiger partial charge in [0.25, 0.3) is 0 Å². The van der Waals surface area contributed by atoms with Gasteiger partial charge in [-0.1, -0.05) is 11.6 Å². The van der Waals surface area contributed by atoms with Crippen LogP contribution in [0.15, 0.2) is 16.9 Å². The Kier molecular flexibility index (Phi) is 2.75. The first-order valence-electron chi connectivity index (χ1n) is 3.97. The van der Waals surface area contributed by atoms with Crippen molar-refractivity contribution in [2.45, 2.75) is 0 Å². The molecule has 0 aliphatic carbocycles. The van der Waals surface area contributed by atoms with Crippen molar-refractivity contribution >= 4 is 38.4 Å². The van der Waals surface area contributed by atoms with E-state index in [0.717, 1.165) is 0 Å². The first-order valence-corrected chi connectivity index (χ1v) is 5.14. The average Bonchev–Trinajstić information content (AvgIpc) is 2.20. The number of ether oxygens (including phenoxy) is 1. The SMILES string of the molecule is COc1c(F)cc(Br)c2ncnc(Cl)c12. The average molecular weight is 292 g/mol. The Bertz CT molecular complexity index is 535. The summed E-state index contributed by atoms with van der Waals surface area (Å²) in [6.45, 7) is 0. The summed E-state index contributed by atoms with van der Waals surface area (Å²) in [5.41, 5.74) is 0.522. The minimum Gasteiger partial charge on any atom is -0.493 e. The summed E-state index contributed by atoms with van der Waals surface area (Å²) in [5.74, 6) is -0.452. The van der Waals surface area contributed by atoms with Gasteiger partial charge in [-0.05, 0) is 22.0 Å². The molecule has 1 heterocycles. The number of benzene rings is 1. The van der Waals surface area contributed by atoms with Gasteiger partial charge < -0.3 is 4.74 Å². The van der Waals surface area contributed by atoms with Gasteiger partial charge in [0.15, 0.2) is 11.6 Å². The van der Waals surface area contributed by atoms with Crippen LogP contribution in [0.1, 0.15) is 0 Å². The highest BCUT2D eigenvalue weighted by molar-refractivity contribution is 9.10. The Labute approximate surface area is 98.4 Å². The van der Waals surface area contributed by atoms with Crippen LogP contribution in [0.3, 0.4) is 0 Å². The van der Waals surface area contributed by atoms with Crippen LogP contribution in [0, 0.1) is 5.82 Å². The summed E-state index contributed by atoms with van der Waals surface area (Å²) in [7, 11) is 1.37. The molecule has 0 unspecified atom stereocenters. The second kappa shape index (κ2) is 3.90. The van der Waals surface area contributed by atoms with Gasteiger partial charge in [-0.25, -0.2) is 14.4 Å². The van der Waals surface area contributed by atoms with Gasteiger partial charge in [-0.2, -0.15) is 0 Å². The van der Waals surface area contributed by atoms with Crippen LogP contribution in [-0.4, -0.2) is 17.1 Å². The molecule has 0 aliphatic heterocycles. The molecule has 0 radical (unpaired) electrons.